The van der Waals surface area contributed by atoms with Gasteiger partial charge in [0, 0.05) is 29.8 Å². The second-order valence-corrected chi connectivity index (χ2v) is 5.58. The molecule has 3 N–H and O–H groups in total. The number of nitrogens with one attached hydrogen (secondary N) is 1. The van der Waals surface area contributed by atoms with Crippen molar-refractivity contribution in [2.45, 2.75) is 23.8 Å². The van der Waals surface area contributed by atoms with Gasteiger partial charge >= 0.3 is 0 Å². The molecule has 1 fully saturated rings. The Morgan fingerprint density at radius 1 is 1.33 bits per heavy atom. The summed E-state index contributed by atoms with van der Waals surface area (Å²) in [6.45, 7) is 1.76. The molecule has 0 bridgehead atoms. The normalized spacial score (nSPS) is 16.5. The molecule has 0 saturated carbocycles. The number of hydrogen-bond donors (Lipinski definition) is 2. The van der Waals surface area contributed by atoms with Crippen LogP contribution in [0.15, 0.2) is 24.3 Å². The molecule has 1 aliphatic rings. The summed E-state index contributed by atoms with van der Waals surface area (Å²) < 4.78 is 5.34. The molecule has 1 aliphatic heterocycles. The Balaban J connectivity index is 1.84. The quantitative estimate of drug-likeness (QED) is 0.494. The third-order valence-corrected chi connectivity index (χ3v) is 4.44. The van der Waals surface area contributed by atoms with Crippen molar-refractivity contribution >= 4 is 17.7 Å². The molecule has 0 spiro atoms. The summed E-state index contributed by atoms with van der Waals surface area (Å²) in [5.41, 5.74) is 3.96. The maximum absolute atomic E-state index is 11.3. The number of benzene rings is 1. The van der Waals surface area contributed by atoms with E-state index in [1.165, 1.54) is 5.56 Å². The Kier molecular flexibility index (Phi) is 5.04. The summed E-state index contributed by atoms with van der Waals surface area (Å²) in [6.07, 6.45) is 2.27. The van der Waals surface area contributed by atoms with Gasteiger partial charge in [0.05, 0.1) is 0 Å². The van der Waals surface area contributed by atoms with Crippen LogP contribution in [0.2, 0.25) is 0 Å². The molecular formula is C13H18N2O2S. The van der Waals surface area contributed by atoms with E-state index in [9.17, 15) is 4.79 Å². The fourth-order valence-corrected chi connectivity index (χ4v) is 3.04. The van der Waals surface area contributed by atoms with Crippen LogP contribution in [0.1, 0.15) is 28.8 Å². The van der Waals surface area contributed by atoms with Crippen molar-refractivity contribution in [2.75, 3.05) is 13.2 Å². The van der Waals surface area contributed by atoms with E-state index in [4.69, 9.17) is 10.6 Å². The van der Waals surface area contributed by atoms with Gasteiger partial charge in [0.15, 0.2) is 0 Å². The number of nitrogens with two attached hydrogens (primary N) is 1. The Morgan fingerprint density at radius 3 is 2.61 bits per heavy atom. The van der Waals surface area contributed by atoms with Crippen molar-refractivity contribution in [1.82, 2.24) is 5.43 Å². The highest BCUT2D eigenvalue weighted by Crippen LogP contribution is 2.25. The van der Waals surface area contributed by atoms with E-state index < -0.39 is 0 Å². The van der Waals surface area contributed by atoms with Gasteiger partial charge in [0.2, 0.25) is 0 Å². The number of nitrogen functional groups attached to an aromatic ring is 1. The van der Waals surface area contributed by atoms with Gasteiger partial charge < -0.3 is 4.74 Å². The first-order chi connectivity index (χ1) is 8.79. The second kappa shape index (κ2) is 6.78. The average molecular weight is 266 g/mol. The lowest BCUT2D eigenvalue weighted by atomic mass is 10.1. The summed E-state index contributed by atoms with van der Waals surface area (Å²) in [4.78, 5) is 11.3. The third kappa shape index (κ3) is 3.73. The molecule has 1 saturated heterocycles. The van der Waals surface area contributed by atoms with E-state index in [1.54, 1.807) is 0 Å². The largest absolute Gasteiger partial charge is 0.381 e. The highest BCUT2D eigenvalue weighted by Gasteiger charge is 2.14. The second-order valence-electron chi connectivity index (χ2n) is 4.29. The van der Waals surface area contributed by atoms with Crippen LogP contribution in [-0.2, 0) is 10.5 Å². The highest BCUT2D eigenvalue weighted by molar-refractivity contribution is 7.99. The Labute approximate surface area is 111 Å². The molecule has 0 atom stereocenters. The first-order valence-corrected chi connectivity index (χ1v) is 7.13. The minimum absolute atomic E-state index is 0.251. The molecular weight excluding hydrogens is 248 g/mol. The summed E-state index contributed by atoms with van der Waals surface area (Å²) >= 11 is 1.97. The van der Waals surface area contributed by atoms with E-state index in [-0.39, 0.29) is 5.91 Å². The fraction of sp³-hybridized carbons (Fsp3) is 0.462. The predicted molar refractivity (Wildman–Crippen MR) is 73.2 cm³/mol. The molecule has 1 aromatic rings. The van der Waals surface area contributed by atoms with Crippen LogP contribution in [0.4, 0.5) is 0 Å². The molecule has 1 amide bonds. The van der Waals surface area contributed by atoms with Crippen molar-refractivity contribution in [3.63, 3.8) is 0 Å². The lowest BCUT2D eigenvalue weighted by Gasteiger charge is -2.21. The summed E-state index contributed by atoms with van der Waals surface area (Å²) in [5, 5.41) is 0.700. The number of hydrogen-bond acceptors (Lipinski definition) is 4. The number of amides is 1. The monoisotopic (exact) mass is 266 g/mol. The van der Waals surface area contributed by atoms with Gasteiger partial charge in [-0.3, -0.25) is 10.2 Å². The summed E-state index contributed by atoms with van der Waals surface area (Å²) in [7, 11) is 0. The molecule has 2 rings (SSSR count). The van der Waals surface area contributed by atoms with Crippen LogP contribution in [-0.4, -0.2) is 24.4 Å². The zero-order chi connectivity index (χ0) is 12.8. The van der Waals surface area contributed by atoms with Crippen molar-refractivity contribution in [3.8, 4) is 0 Å². The molecule has 18 heavy (non-hydrogen) atoms. The predicted octanol–water partition coefficient (Wildman–Crippen LogP) is 1.70. The maximum atomic E-state index is 11.3. The third-order valence-electron chi connectivity index (χ3n) is 3.00. The SMILES string of the molecule is NNC(=O)c1ccc(CSC2CCOCC2)cc1. The number of rotatable bonds is 4. The van der Waals surface area contributed by atoms with Crippen LogP contribution < -0.4 is 11.3 Å². The van der Waals surface area contributed by atoms with E-state index in [1.807, 2.05) is 36.0 Å². The minimum atomic E-state index is -0.251. The summed E-state index contributed by atoms with van der Waals surface area (Å²) in [5.74, 6) is 5.81. The first kappa shape index (κ1) is 13.4. The topological polar surface area (TPSA) is 64.3 Å². The summed E-state index contributed by atoms with van der Waals surface area (Å²) in [6, 6.07) is 7.58. The van der Waals surface area contributed by atoms with Gasteiger partial charge in [-0.25, -0.2) is 5.84 Å². The Morgan fingerprint density at radius 2 is 2.00 bits per heavy atom. The number of hydrazine groups is 1. The van der Waals surface area contributed by atoms with Gasteiger partial charge in [-0.1, -0.05) is 12.1 Å². The van der Waals surface area contributed by atoms with Gasteiger partial charge in [0.1, 0.15) is 0 Å². The zero-order valence-corrected chi connectivity index (χ0v) is 11.0. The molecule has 1 heterocycles. The van der Waals surface area contributed by atoms with E-state index in [0.717, 1.165) is 31.8 Å². The van der Waals surface area contributed by atoms with Crippen LogP contribution in [0.25, 0.3) is 0 Å². The molecule has 0 unspecified atom stereocenters. The van der Waals surface area contributed by atoms with Gasteiger partial charge in [-0.15, -0.1) is 0 Å². The molecule has 5 heteroatoms. The van der Waals surface area contributed by atoms with E-state index in [2.05, 4.69) is 5.43 Å². The number of ether oxygens (including phenoxy) is 1. The Bertz CT molecular complexity index is 388. The lowest BCUT2D eigenvalue weighted by Crippen LogP contribution is -2.29. The molecule has 98 valence electrons. The maximum Gasteiger partial charge on any atom is 0.265 e. The van der Waals surface area contributed by atoms with Crippen molar-refractivity contribution in [2.24, 2.45) is 5.84 Å². The van der Waals surface area contributed by atoms with Crippen LogP contribution in [0, 0.1) is 0 Å². The lowest BCUT2D eigenvalue weighted by molar-refractivity contribution is 0.0953. The highest BCUT2D eigenvalue weighted by atomic mass is 32.2. The fourth-order valence-electron chi connectivity index (χ4n) is 1.89. The van der Waals surface area contributed by atoms with Gasteiger partial charge in [-0.05, 0) is 30.5 Å². The van der Waals surface area contributed by atoms with E-state index >= 15 is 0 Å². The van der Waals surface area contributed by atoms with E-state index in [0.29, 0.717) is 10.8 Å². The molecule has 0 radical (unpaired) electrons. The number of thioether (sulfide) groups is 1. The zero-order valence-electron chi connectivity index (χ0n) is 10.2. The number of carbonyl (C=O) groups excluding carboxylic acids is 1. The molecule has 0 aliphatic carbocycles. The van der Waals surface area contributed by atoms with Crippen molar-refractivity contribution < 1.29 is 9.53 Å². The van der Waals surface area contributed by atoms with Crippen molar-refractivity contribution in [3.05, 3.63) is 35.4 Å². The minimum Gasteiger partial charge on any atom is -0.381 e. The standard InChI is InChI=1S/C13H18N2O2S/c14-15-13(16)11-3-1-10(2-4-11)9-18-12-5-7-17-8-6-12/h1-4,12H,5-9,14H2,(H,15,16). The smallest absolute Gasteiger partial charge is 0.265 e. The Hall–Kier alpha value is -1.04. The first-order valence-electron chi connectivity index (χ1n) is 6.09. The van der Waals surface area contributed by atoms with Crippen LogP contribution >= 0.6 is 11.8 Å². The molecule has 4 nitrogen and oxygen atoms in total. The molecule has 1 aromatic carbocycles. The van der Waals surface area contributed by atoms with Gasteiger partial charge in [0.25, 0.3) is 5.91 Å². The number of carbonyl (C=O) groups is 1. The average Bonchev–Trinajstić information content (AvgIpc) is 2.46. The van der Waals surface area contributed by atoms with Gasteiger partial charge in [-0.2, -0.15) is 11.8 Å². The van der Waals surface area contributed by atoms with Crippen LogP contribution in [0.3, 0.4) is 0 Å². The van der Waals surface area contributed by atoms with Crippen LogP contribution in [0.5, 0.6) is 0 Å². The van der Waals surface area contributed by atoms with Crippen molar-refractivity contribution in [1.29, 1.82) is 0 Å². The molecule has 0 aromatic heterocycles.